The highest BCUT2D eigenvalue weighted by Crippen LogP contribution is 2.10. The molecule has 0 aliphatic rings. The standard InChI is InChI=1S/C13H23N3/c1-5-8-12(14-4)10-13-9-11(6-2)15-16(13)7-3/h5,9,12,14H,1,6-8,10H2,2-4H3. The third-order valence-corrected chi connectivity index (χ3v) is 2.89. The molecule has 0 radical (unpaired) electrons. The smallest absolute Gasteiger partial charge is 0.0624 e. The summed E-state index contributed by atoms with van der Waals surface area (Å²) in [6.45, 7) is 9.02. The van der Waals surface area contributed by atoms with E-state index in [4.69, 9.17) is 0 Å². The normalized spacial score (nSPS) is 12.7. The van der Waals surface area contributed by atoms with Gasteiger partial charge < -0.3 is 5.32 Å². The van der Waals surface area contributed by atoms with Crippen LogP contribution < -0.4 is 5.32 Å². The maximum Gasteiger partial charge on any atom is 0.0624 e. The number of likely N-dealkylation sites (N-methyl/N-ethyl adjacent to an activating group) is 1. The third-order valence-electron chi connectivity index (χ3n) is 2.89. The van der Waals surface area contributed by atoms with Crippen molar-refractivity contribution in [2.24, 2.45) is 0 Å². The van der Waals surface area contributed by atoms with Crippen LogP contribution in [0.15, 0.2) is 18.7 Å². The predicted octanol–water partition coefficient (Wildman–Crippen LogP) is 2.17. The van der Waals surface area contributed by atoms with Crippen molar-refractivity contribution < 1.29 is 0 Å². The van der Waals surface area contributed by atoms with E-state index in [-0.39, 0.29) is 0 Å². The van der Waals surface area contributed by atoms with Crippen molar-refractivity contribution in [1.29, 1.82) is 0 Å². The van der Waals surface area contributed by atoms with Gasteiger partial charge in [0.05, 0.1) is 5.69 Å². The van der Waals surface area contributed by atoms with E-state index in [1.165, 1.54) is 11.4 Å². The minimum absolute atomic E-state index is 0.462. The first-order valence-electron chi connectivity index (χ1n) is 6.08. The largest absolute Gasteiger partial charge is 0.316 e. The Morgan fingerprint density at radius 3 is 2.81 bits per heavy atom. The van der Waals surface area contributed by atoms with Gasteiger partial charge in [0.1, 0.15) is 0 Å². The van der Waals surface area contributed by atoms with E-state index in [2.05, 4.69) is 41.6 Å². The lowest BCUT2D eigenvalue weighted by atomic mass is 10.1. The summed E-state index contributed by atoms with van der Waals surface area (Å²) >= 11 is 0. The summed E-state index contributed by atoms with van der Waals surface area (Å²) in [6.07, 6.45) is 4.98. The number of rotatable bonds is 7. The first-order chi connectivity index (χ1) is 7.74. The van der Waals surface area contributed by atoms with Gasteiger partial charge in [-0.05, 0) is 32.9 Å². The van der Waals surface area contributed by atoms with Gasteiger partial charge in [0.2, 0.25) is 0 Å². The van der Waals surface area contributed by atoms with Crippen molar-refractivity contribution in [1.82, 2.24) is 15.1 Å². The molecule has 0 aromatic carbocycles. The first-order valence-corrected chi connectivity index (χ1v) is 6.08. The number of hydrogen-bond acceptors (Lipinski definition) is 2. The number of hydrogen-bond donors (Lipinski definition) is 1. The van der Waals surface area contributed by atoms with Gasteiger partial charge in [-0.3, -0.25) is 4.68 Å². The molecule has 1 unspecified atom stereocenters. The second-order valence-electron chi connectivity index (χ2n) is 4.01. The fourth-order valence-corrected chi connectivity index (χ4v) is 1.88. The lowest BCUT2D eigenvalue weighted by molar-refractivity contribution is 0.526. The van der Waals surface area contributed by atoms with Gasteiger partial charge in [0.25, 0.3) is 0 Å². The molecular formula is C13H23N3. The van der Waals surface area contributed by atoms with Crippen LogP contribution >= 0.6 is 0 Å². The monoisotopic (exact) mass is 221 g/mol. The van der Waals surface area contributed by atoms with Gasteiger partial charge in [-0.25, -0.2) is 0 Å². The summed E-state index contributed by atoms with van der Waals surface area (Å²) in [4.78, 5) is 0. The zero-order chi connectivity index (χ0) is 12.0. The zero-order valence-electron chi connectivity index (χ0n) is 10.7. The van der Waals surface area contributed by atoms with Crippen molar-refractivity contribution >= 4 is 0 Å². The molecule has 16 heavy (non-hydrogen) atoms. The molecule has 1 N–H and O–H groups in total. The molecule has 0 saturated carbocycles. The lowest BCUT2D eigenvalue weighted by Crippen LogP contribution is -2.27. The van der Waals surface area contributed by atoms with Gasteiger partial charge in [-0.15, -0.1) is 6.58 Å². The molecule has 0 aliphatic heterocycles. The minimum atomic E-state index is 0.462. The van der Waals surface area contributed by atoms with E-state index in [1.807, 2.05) is 13.1 Å². The van der Waals surface area contributed by atoms with Crippen LogP contribution in [0.2, 0.25) is 0 Å². The van der Waals surface area contributed by atoms with Crippen LogP contribution in [-0.4, -0.2) is 22.9 Å². The Labute approximate surface area is 98.5 Å². The molecule has 0 bridgehead atoms. The molecule has 0 spiro atoms. The van der Waals surface area contributed by atoms with Gasteiger partial charge in [0.15, 0.2) is 0 Å². The van der Waals surface area contributed by atoms with E-state index in [9.17, 15) is 0 Å². The second kappa shape index (κ2) is 6.48. The van der Waals surface area contributed by atoms with Crippen LogP contribution in [0.5, 0.6) is 0 Å². The fourth-order valence-electron chi connectivity index (χ4n) is 1.88. The SMILES string of the molecule is C=CCC(Cc1cc(CC)nn1CC)NC. The highest BCUT2D eigenvalue weighted by molar-refractivity contribution is 5.12. The molecule has 90 valence electrons. The zero-order valence-corrected chi connectivity index (χ0v) is 10.7. The van der Waals surface area contributed by atoms with Crippen LogP contribution in [0.3, 0.4) is 0 Å². The van der Waals surface area contributed by atoms with Crippen molar-refractivity contribution in [2.75, 3.05) is 7.05 Å². The summed E-state index contributed by atoms with van der Waals surface area (Å²) in [7, 11) is 2.00. The molecule has 3 nitrogen and oxygen atoms in total. The van der Waals surface area contributed by atoms with E-state index in [1.54, 1.807) is 0 Å². The second-order valence-corrected chi connectivity index (χ2v) is 4.01. The molecule has 1 atom stereocenters. The highest BCUT2D eigenvalue weighted by Gasteiger charge is 2.11. The Morgan fingerprint density at radius 2 is 2.31 bits per heavy atom. The van der Waals surface area contributed by atoms with E-state index >= 15 is 0 Å². The molecule has 1 aromatic rings. The summed E-state index contributed by atoms with van der Waals surface area (Å²) in [5.74, 6) is 0. The number of nitrogens with zero attached hydrogens (tertiary/aromatic N) is 2. The summed E-state index contributed by atoms with van der Waals surface area (Å²) in [5, 5.41) is 7.88. The van der Waals surface area contributed by atoms with Crippen molar-refractivity contribution in [2.45, 2.75) is 45.7 Å². The molecule has 0 aliphatic carbocycles. The van der Waals surface area contributed by atoms with Crippen molar-refractivity contribution in [3.8, 4) is 0 Å². The van der Waals surface area contributed by atoms with E-state index in [0.717, 1.165) is 25.8 Å². The Hall–Kier alpha value is -1.09. The Balaban J connectivity index is 2.77. The van der Waals surface area contributed by atoms with Crippen molar-refractivity contribution in [3.63, 3.8) is 0 Å². The Bertz CT molecular complexity index is 328. The molecule has 0 saturated heterocycles. The van der Waals surface area contributed by atoms with Gasteiger partial charge >= 0.3 is 0 Å². The lowest BCUT2D eigenvalue weighted by Gasteiger charge is -2.14. The van der Waals surface area contributed by atoms with Crippen LogP contribution in [-0.2, 0) is 19.4 Å². The molecule has 1 heterocycles. The maximum atomic E-state index is 4.56. The van der Waals surface area contributed by atoms with Crippen LogP contribution in [0.1, 0.15) is 31.7 Å². The average Bonchev–Trinajstić information content (AvgIpc) is 2.70. The number of nitrogens with one attached hydrogen (secondary N) is 1. The van der Waals surface area contributed by atoms with E-state index in [0.29, 0.717) is 6.04 Å². The van der Waals surface area contributed by atoms with Crippen LogP contribution in [0, 0.1) is 0 Å². The fraction of sp³-hybridized carbons (Fsp3) is 0.615. The topological polar surface area (TPSA) is 29.9 Å². The molecular weight excluding hydrogens is 198 g/mol. The van der Waals surface area contributed by atoms with Crippen LogP contribution in [0.4, 0.5) is 0 Å². The number of aryl methyl sites for hydroxylation is 2. The minimum Gasteiger partial charge on any atom is -0.316 e. The Morgan fingerprint density at radius 1 is 1.56 bits per heavy atom. The summed E-state index contributed by atoms with van der Waals surface area (Å²) in [6, 6.07) is 2.68. The van der Waals surface area contributed by atoms with Gasteiger partial charge in [0, 0.05) is 24.7 Å². The summed E-state index contributed by atoms with van der Waals surface area (Å²) in [5.41, 5.74) is 2.51. The molecule has 3 heteroatoms. The van der Waals surface area contributed by atoms with Gasteiger partial charge in [-0.2, -0.15) is 5.10 Å². The molecule has 1 rings (SSSR count). The first kappa shape index (κ1) is 13.0. The van der Waals surface area contributed by atoms with E-state index < -0.39 is 0 Å². The third kappa shape index (κ3) is 3.20. The highest BCUT2D eigenvalue weighted by atomic mass is 15.3. The molecule has 0 fully saturated rings. The Kier molecular flexibility index (Phi) is 5.26. The predicted molar refractivity (Wildman–Crippen MR) is 68.6 cm³/mol. The van der Waals surface area contributed by atoms with Crippen LogP contribution in [0.25, 0.3) is 0 Å². The maximum absolute atomic E-state index is 4.56. The average molecular weight is 221 g/mol. The quantitative estimate of drug-likeness (QED) is 0.715. The van der Waals surface area contributed by atoms with Gasteiger partial charge in [-0.1, -0.05) is 13.0 Å². The van der Waals surface area contributed by atoms with Crippen molar-refractivity contribution in [3.05, 3.63) is 30.1 Å². The molecule has 1 aromatic heterocycles. The number of aromatic nitrogens is 2. The summed E-state index contributed by atoms with van der Waals surface area (Å²) < 4.78 is 2.10. The molecule has 0 amide bonds.